The highest BCUT2D eigenvalue weighted by Crippen LogP contribution is 2.22. The second-order valence-electron chi connectivity index (χ2n) is 5.66. The molecule has 2 heterocycles. The monoisotopic (exact) mass is 341 g/mol. The quantitative estimate of drug-likeness (QED) is 0.865. The lowest BCUT2D eigenvalue weighted by Crippen LogP contribution is -2.27. The van der Waals surface area contributed by atoms with Gasteiger partial charge < -0.3 is 10.3 Å². The summed E-state index contributed by atoms with van der Waals surface area (Å²) in [6.07, 6.45) is 7.85. The molecule has 0 saturated carbocycles. The van der Waals surface area contributed by atoms with Crippen molar-refractivity contribution in [2.75, 3.05) is 13.1 Å². The third kappa shape index (κ3) is 5.31. The predicted molar refractivity (Wildman–Crippen MR) is 96.4 cm³/mol. The van der Waals surface area contributed by atoms with Crippen molar-refractivity contribution < 1.29 is 0 Å². The van der Waals surface area contributed by atoms with E-state index in [1.165, 1.54) is 36.3 Å². The number of nitrogens with one attached hydrogen (secondary N) is 2. The Morgan fingerprint density at radius 2 is 1.73 bits per heavy atom. The van der Waals surface area contributed by atoms with Crippen LogP contribution in [-0.2, 0) is 12.8 Å². The van der Waals surface area contributed by atoms with E-state index in [0.29, 0.717) is 5.92 Å². The van der Waals surface area contributed by atoms with Gasteiger partial charge in [-0.1, -0.05) is 30.3 Å². The molecule has 5 heteroatoms. The smallest absolute Gasteiger partial charge is 0.109 e. The Balaban J connectivity index is 0.00000121. The summed E-state index contributed by atoms with van der Waals surface area (Å²) in [4.78, 5) is 8.11. The molecule has 3 rings (SSSR count). The molecule has 2 aromatic rings. The summed E-state index contributed by atoms with van der Waals surface area (Å²) < 4.78 is 0. The molecule has 0 spiro atoms. The summed E-state index contributed by atoms with van der Waals surface area (Å²) in [5.74, 6) is 1.82. The average molecular weight is 342 g/mol. The van der Waals surface area contributed by atoms with E-state index in [2.05, 4.69) is 45.6 Å². The maximum atomic E-state index is 4.58. The molecule has 1 aromatic heterocycles. The highest BCUT2D eigenvalue weighted by Gasteiger charge is 2.17. The number of benzene rings is 1. The summed E-state index contributed by atoms with van der Waals surface area (Å²) in [5, 5.41) is 3.40. The summed E-state index contributed by atoms with van der Waals surface area (Å²) >= 11 is 0. The van der Waals surface area contributed by atoms with Crippen molar-refractivity contribution in [2.45, 2.75) is 38.0 Å². The molecule has 122 valence electrons. The molecule has 1 saturated heterocycles. The molecule has 0 radical (unpaired) electrons. The average Bonchev–Trinajstić information content (AvgIpc) is 2.98. The van der Waals surface area contributed by atoms with E-state index in [9.17, 15) is 0 Å². The van der Waals surface area contributed by atoms with Crippen LogP contribution in [0, 0.1) is 0 Å². The Kier molecular flexibility index (Phi) is 8.54. The molecule has 1 aliphatic rings. The summed E-state index contributed by atoms with van der Waals surface area (Å²) in [6, 6.07) is 10.7. The van der Waals surface area contributed by atoms with Gasteiger partial charge in [0.2, 0.25) is 0 Å². The number of rotatable bonds is 5. The van der Waals surface area contributed by atoms with Crippen molar-refractivity contribution in [3.05, 3.63) is 53.6 Å². The van der Waals surface area contributed by atoms with Crippen molar-refractivity contribution in [3.63, 3.8) is 0 Å². The Labute approximate surface area is 145 Å². The Morgan fingerprint density at radius 1 is 1.00 bits per heavy atom. The molecule has 0 amide bonds. The first-order valence-corrected chi connectivity index (χ1v) is 7.70. The van der Waals surface area contributed by atoms with E-state index < -0.39 is 0 Å². The molecule has 22 heavy (non-hydrogen) atoms. The molecule has 1 aromatic carbocycles. The highest BCUT2D eigenvalue weighted by atomic mass is 35.5. The number of hydrogen-bond acceptors (Lipinski definition) is 2. The van der Waals surface area contributed by atoms with E-state index >= 15 is 0 Å². The molecule has 0 unspecified atom stereocenters. The maximum Gasteiger partial charge on any atom is 0.109 e. The van der Waals surface area contributed by atoms with Gasteiger partial charge in [-0.3, -0.25) is 0 Å². The first-order valence-electron chi connectivity index (χ1n) is 7.70. The summed E-state index contributed by atoms with van der Waals surface area (Å²) in [6.45, 7) is 2.24. The van der Waals surface area contributed by atoms with E-state index in [4.69, 9.17) is 0 Å². The summed E-state index contributed by atoms with van der Waals surface area (Å²) in [7, 11) is 0. The van der Waals surface area contributed by atoms with Crippen LogP contribution < -0.4 is 5.32 Å². The number of piperidine rings is 1. The minimum Gasteiger partial charge on any atom is -0.346 e. The van der Waals surface area contributed by atoms with Crippen LogP contribution in [0.3, 0.4) is 0 Å². The fourth-order valence-corrected chi connectivity index (χ4v) is 2.93. The zero-order chi connectivity index (χ0) is 13.6. The van der Waals surface area contributed by atoms with Gasteiger partial charge in [0.1, 0.15) is 5.82 Å². The van der Waals surface area contributed by atoms with Gasteiger partial charge in [0.15, 0.2) is 0 Å². The van der Waals surface area contributed by atoms with Crippen LogP contribution in [0.25, 0.3) is 0 Å². The van der Waals surface area contributed by atoms with Gasteiger partial charge in [0.25, 0.3) is 0 Å². The van der Waals surface area contributed by atoms with Crippen LogP contribution >= 0.6 is 24.8 Å². The molecular weight excluding hydrogens is 317 g/mol. The second-order valence-corrected chi connectivity index (χ2v) is 5.66. The number of imidazole rings is 1. The number of aromatic amines is 1. The van der Waals surface area contributed by atoms with Crippen molar-refractivity contribution >= 4 is 24.8 Å². The molecule has 0 bridgehead atoms. The first-order chi connectivity index (χ1) is 9.92. The Hall–Kier alpha value is -1.03. The molecule has 0 atom stereocenters. The Bertz CT molecular complexity index is 522. The first kappa shape index (κ1) is 19.0. The number of nitrogens with zero attached hydrogens (tertiary/aromatic N) is 1. The van der Waals surface area contributed by atoms with Gasteiger partial charge in [-0.2, -0.15) is 0 Å². The summed E-state index contributed by atoms with van der Waals surface area (Å²) in [5.41, 5.74) is 2.71. The van der Waals surface area contributed by atoms with E-state index in [1.54, 1.807) is 0 Å². The number of H-pyrrole nitrogens is 1. The Morgan fingerprint density at radius 3 is 2.45 bits per heavy atom. The molecule has 1 fully saturated rings. The maximum absolute atomic E-state index is 4.58. The van der Waals surface area contributed by atoms with Crippen LogP contribution in [0.5, 0.6) is 0 Å². The molecule has 0 aliphatic carbocycles. The largest absolute Gasteiger partial charge is 0.346 e. The fraction of sp³-hybridized carbons (Fsp3) is 0.471. The normalized spacial score (nSPS) is 14.9. The zero-order valence-corrected chi connectivity index (χ0v) is 14.4. The van der Waals surface area contributed by atoms with Gasteiger partial charge in [0, 0.05) is 17.8 Å². The second kappa shape index (κ2) is 9.88. The minimum atomic E-state index is 0. The van der Waals surface area contributed by atoms with Crippen molar-refractivity contribution in [2.24, 2.45) is 0 Å². The SMILES string of the molecule is Cl.Cl.c1ccc(CCCc2cnc(C3CCNCC3)[nH]2)cc1. The minimum absolute atomic E-state index is 0. The number of halogens is 2. The molecule has 3 nitrogen and oxygen atoms in total. The van der Waals surface area contributed by atoms with Gasteiger partial charge in [0.05, 0.1) is 0 Å². The number of aryl methyl sites for hydroxylation is 2. The predicted octanol–water partition coefficient (Wildman–Crippen LogP) is 3.90. The number of aromatic nitrogens is 2. The zero-order valence-electron chi connectivity index (χ0n) is 12.8. The fourth-order valence-electron chi connectivity index (χ4n) is 2.93. The van der Waals surface area contributed by atoms with Gasteiger partial charge in [-0.05, 0) is 50.8 Å². The van der Waals surface area contributed by atoms with Crippen molar-refractivity contribution in [1.29, 1.82) is 0 Å². The molecule has 1 aliphatic heterocycles. The third-order valence-electron chi connectivity index (χ3n) is 4.13. The van der Waals surface area contributed by atoms with Crippen LogP contribution in [0.15, 0.2) is 36.5 Å². The lowest BCUT2D eigenvalue weighted by atomic mass is 9.98. The molecule has 2 N–H and O–H groups in total. The van der Waals surface area contributed by atoms with Crippen molar-refractivity contribution in [1.82, 2.24) is 15.3 Å². The van der Waals surface area contributed by atoms with E-state index in [0.717, 1.165) is 25.9 Å². The van der Waals surface area contributed by atoms with Crippen LogP contribution in [-0.4, -0.2) is 23.1 Å². The lowest BCUT2D eigenvalue weighted by Gasteiger charge is -2.20. The van der Waals surface area contributed by atoms with Crippen LogP contribution in [0.4, 0.5) is 0 Å². The van der Waals surface area contributed by atoms with Gasteiger partial charge >= 0.3 is 0 Å². The van der Waals surface area contributed by atoms with E-state index in [1.807, 2.05) is 6.20 Å². The van der Waals surface area contributed by atoms with E-state index in [-0.39, 0.29) is 24.8 Å². The van der Waals surface area contributed by atoms with Gasteiger partial charge in [-0.25, -0.2) is 4.98 Å². The van der Waals surface area contributed by atoms with Crippen LogP contribution in [0.2, 0.25) is 0 Å². The topological polar surface area (TPSA) is 40.7 Å². The van der Waals surface area contributed by atoms with Crippen LogP contribution in [0.1, 0.15) is 42.3 Å². The molecular formula is C17H25Cl2N3. The lowest BCUT2D eigenvalue weighted by molar-refractivity contribution is 0.447. The number of hydrogen-bond donors (Lipinski definition) is 2. The highest BCUT2D eigenvalue weighted by molar-refractivity contribution is 5.85. The standard InChI is InChI=1S/C17H23N3.2ClH/c1-2-5-14(6-3-1)7-4-8-16-13-19-17(20-16)15-9-11-18-12-10-15;;/h1-3,5-6,13,15,18H,4,7-12H2,(H,19,20);2*1H. The van der Waals surface area contributed by atoms with Crippen molar-refractivity contribution in [3.8, 4) is 0 Å². The van der Waals surface area contributed by atoms with Gasteiger partial charge in [-0.15, -0.1) is 24.8 Å². The third-order valence-corrected chi connectivity index (χ3v) is 4.13.